The molecule has 0 amide bonds. The normalized spacial score (nSPS) is 19.1. The largest absolute Gasteiger partial charge is 0.386 e. The van der Waals surface area contributed by atoms with Gasteiger partial charge in [0, 0.05) is 19.6 Å². The second-order valence-corrected chi connectivity index (χ2v) is 4.03. The van der Waals surface area contributed by atoms with E-state index in [1.54, 1.807) is 0 Å². The zero-order chi connectivity index (χ0) is 12.6. The van der Waals surface area contributed by atoms with E-state index in [0.29, 0.717) is 19.6 Å². The summed E-state index contributed by atoms with van der Waals surface area (Å²) in [5.41, 5.74) is 15.9. The Morgan fingerprint density at radius 2 is 0.938 bits per heavy atom. The first kappa shape index (κ1) is 15.7. The third-order valence-electron chi connectivity index (χ3n) is 2.39. The van der Waals surface area contributed by atoms with Gasteiger partial charge in [0.15, 0.2) is 0 Å². The Balaban J connectivity index is 4.15. The lowest BCUT2D eigenvalue weighted by Crippen LogP contribution is -3.15. The van der Waals surface area contributed by atoms with Gasteiger partial charge in [0.05, 0.1) is 0 Å². The Labute approximate surface area is 95.8 Å². The van der Waals surface area contributed by atoms with E-state index in [0.717, 1.165) is 4.90 Å². The van der Waals surface area contributed by atoms with Crippen molar-refractivity contribution in [3.63, 3.8) is 0 Å². The minimum atomic E-state index is -0.648. The maximum Gasteiger partial charge on any atom is 0.115 e. The van der Waals surface area contributed by atoms with Gasteiger partial charge in [-0.1, -0.05) is 0 Å². The van der Waals surface area contributed by atoms with Crippen molar-refractivity contribution in [1.29, 1.82) is 0 Å². The van der Waals surface area contributed by atoms with E-state index >= 15 is 0 Å². The summed E-state index contributed by atoms with van der Waals surface area (Å²) in [6.07, 6.45) is -1.94. The van der Waals surface area contributed by atoms with Crippen LogP contribution in [0.25, 0.3) is 0 Å². The van der Waals surface area contributed by atoms with Gasteiger partial charge in [-0.25, -0.2) is 0 Å². The lowest BCUT2D eigenvalue weighted by molar-refractivity contribution is -0.908. The Hall–Kier alpha value is -0.280. The van der Waals surface area contributed by atoms with Crippen LogP contribution in [0.4, 0.5) is 0 Å². The predicted octanol–water partition coefficient (Wildman–Crippen LogP) is -5.17. The third-order valence-corrected chi connectivity index (χ3v) is 2.39. The van der Waals surface area contributed by atoms with Crippen molar-refractivity contribution in [2.75, 3.05) is 39.3 Å². The lowest BCUT2D eigenvalue weighted by atomic mass is 10.2. The van der Waals surface area contributed by atoms with Gasteiger partial charge in [-0.2, -0.15) is 0 Å². The van der Waals surface area contributed by atoms with E-state index in [1.165, 1.54) is 0 Å². The summed E-state index contributed by atoms with van der Waals surface area (Å²) in [5.74, 6) is 0. The van der Waals surface area contributed by atoms with Gasteiger partial charge in [-0.3, -0.25) is 0 Å². The average molecular weight is 237 g/mol. The maximum absolute atomic E-state index is 9.43. The molecule has 0 aromatic rings. The van der Waals surface area contributed by atoms with Gasteiger partial charge in [0.1, 0.15) is 37.9 Å². The van der Waals surface area contributed by atoms with Crippen LogP contribution >= 0.6 is 0 Å². The maximum atomic E-state index is 9.43. The molecule has 16 heavy (non-hydrogen) atoms. The number of rotatable bonds is 9. The van der Waals surface area contributed by atoms with Crippen LogP contribution in [0.15, 0.2) is 0 Å². The van der Waals surface area contributed by atoms with Gasteiger partial charge in [0.25, 0.3) is 0 Å². The number of aliphatic hydroxyl groups is 3. The van der Waals surface area contributed by atoms with E-state index in [-0.39, 0.29) is 19.6 Å². The first-order chi connectivity index (χ1) is 7.53. The monoisotopic (exact) mass is 237 g/mol. The van der Waals surface area contributed by atoms with Crippen molar-refractivity contribution in [2.24, 2.45) is 17.2 Å². The number of nitrogens with two attached hydrogens (primary N) is 3. The first-order valence-corrected chi connectivity index (χ1v) is 5.51. The van der Waals surface area contributed by atoms with Gasteiger partial charge in [0.2, 0.25) is 0 Å². The van der Waals surface area contributed by atoms with Crippen LogP contribution in [0.3, 0.4) is 0 Å². The van der Waals surface area contributed by atoms with E-state index in [2.05, 4.69) is 0 Å². The topological polar surface area (TPSA) is 143 Å². The SMILES string of the molecule is NCC(O)C[NH+](CC(O)CN)CC(O)CN. The molecule has 0 saturated carbocycles. The zero-order valence-electron chi connectivity index (χ0n) is 9.55. The molecule has 7 nitrogen and oxygen atoms in total. The number of quaternary nitrogens is 1. The minimum absolute atomic E-state index is 0.154. The Bertz CT molecular complexity index is 144. The van der Waals surface area contributed by atoms with Crippen LogP contribution in [0.1, 0.15) is 0 Å². The highest BCUT2D eigenvalue weighted by Crippen LogP contribution is 1.78. The summed E-state index contributed by atoms with van der Waals surface area (Å²) < 4.78 is 0. The molecule has 0 aliphatic carbocycles. The zero-order valence-corrected chi connectivity index (χ0v) is 9.55. The van der Waals surface area contributed by atoms with Crippen LogP contribution in [0, 0.1) is 0 Å². The number of hydrogen-bond donors (Lipinski definition) is 7. The van der Waals surface area contributed by atoms with Crippen molar-refractivity contribution in [2.45, 2.75) is 18.3 Å². The van der Waals surface area contributed by atoms with Gasteiger partial charge >= 0.3 is 0 Å². The van der Waals surface area contributed by atoms with Crippen molar-refractivity contribution in [1.82, 2.24) is 0 Å². The van der Waals surface area contributed by atoms with Crippen LogP contribution in [0.2, 0.25) is 0 Å². The Kier molecular flexibility index (Phi) is 8.67. The van der Waals surface area contributed by atoms with Crippen LogP contribution in [-0.4, -0.2) is 72.9 Å². The molecule has 0 spiro atoms. The third kappa shape index (κ3) is 7.07. The van der Waals surface area contributed by atoms with E-state index in [4.69, 9.17) is 17.2 Å². The summed E-state index contributed by atoms with van der Waals surface area (Å²) >= 11 is 0. The second-order valence-electron chi connectivity index (χ2n) is 4.03. The van der Waals surface area contributed by atoms with Crippen LogP contribution < -0.4 is 22.1 Å². The van der Waals surface area contributed by atoms with Gasteiger partial charge < -0.3 is 37.4 Å². The molecule has 0 bridgehead atoms. The van der Waals surface area contributed by atoms with Crippen LogP contribution in [-0.2, 0) is 0 Å². The Morgan fingerprint density at radius 1 is 0.688 bits per heavy atom. The number of nitrogens with one attached hydrogen (secondary N) is 1. The highest BCUT2D eigenvalue weighted by molar-refractivity contribution is 4.59. The quantitative estimate of drug-likeness (QED) is 0.214. The van der Waals surface area contributed by atoms with E-state index in [1.807, 2.05) is 0 Å². The first-order valence-electron chi connectivity index (χ1n) is 5.51. The predicted molar refractivity (Wildman–Crippen MR) is 60.7 cm³/mol. The lowest BCUT2D eigenvalue weighted by Gasteiger charge is -2.25. The average Bonchev–Trinajstić information content (AvgIpc) is 2.28. The van der Waals surface area contributed by atoms with Crippen molar-refractivity contribution in [3.05, 3.63) is 0 Å². The summed E-state index contributed by atoms with van der Waals surface area (Å²) in [6, 6.07) is 0. The summed E-state index contributed by atoms with van der Waals surface area (Å²) in [6.45, 7) is 1.56. The summed E-state index contributed by atoms with van der Waals surface area (Å²) in [7, 11) is 0. The standard InChI is InChI=1S/C9H24N4O3/c10-1-7(14)4-13(5-8(15)2-11)6-9(16)3-12/h7-9,14-16H,1-6,10-12H2/p+1. The van der Waals surface area contributed by atoms with E-state index in [9.17, 15) is 15.3 Å². The number of hydrogen-bond acceptors (Lipinski definition) is 6. The fourth-order valence-corrected chi connectivity index (χ4v) is 1.50. The molecular weight excluding hydrogens is 212 g/mol. The van der Waals surface area contributed by atoms with Gasteiger partial charge in [-0.05, 0) is 0 Å². The highest BCUT2D eigenvalue weighted by Gasteiger charge is 2.20. The summed E-state index contributed by atoms with van der Waals surface area (Å²) in [4.78, 5) is 0.842. The molecule has 0 aliphatic rings. The Morgan fingerprint density at radius 3 is 1.12 bits per heavy atom. The second kappa shape index (κ2) is 8.82. The molecule has 3 atom stereocenters. The summed E-state index contributed by atoms with van der Waals surface area (Å²) in [5, 5.41) is 28.3. The smallest absolute Gasteiger partial charge is 0.115 e. The van der Waals surface area contributed by atoms with Crippen LogP contribution in [0.5, 0.6) is 0 Å². The molecule has 0 heterocycles. The molecule has 10 N–H and O–H groups in total. The molecule has 0 radical (unpaired) electrons. The fourth-order valence-electron chi connectivity index (χ4n) is 1.50. The fraction of sp³-hybridized carbons (Fsp3) is 1.00. The molecule has 0 saturated heterocycles. The van der Waals surface area contributed by atoms with Crippen molar-refractivity contribution in [3.8, 4) is 0 Å². The number of aliphatic hydroxyl groups excluding tert-OH is 3. The molecule has 3 unspecified atom stereocenters. The van der Waals surface area contributed by atoms with Crippen molar-refractivity contribution >= 4 is 0 Å². The molecule has 98 valence electrons. The molecule has 0 rings (SSSR count). The molecule has 0 fully saturated rings. The molecule has 7 heteroatoms. The van der Waals surface area contributed by atoms with Crippen molar-refractivity contribution < 1.29 is 20.2 Å². The highest BCUT2D eigenvalue weighted by atomic mass is 16.3. The van der Waals surface area contributed by atoms with Gasteiger partial charge in [-0.15, -0.1) is 0 Å². The van der Waals surface area contributed by atoms with E-state index < -0.39 is 18.3 Å². The molecule has 0 aliphatic heterocycles. The molecular formula is C9H25N4O3+. The molecule has 0 aromatic carbocycles. The molecule has 0 aromatic heterocycles. The minimum Gasteiger partial charge on any atom is -0.386 e.